The number of nitrogens with one attached hydrogen (secondary N) is 2. The Morgan fingerprint density at radius 1 is 0.923 bits per heavy atom. The Bertz CT molecular complexity index is 974. The molecule has 0 saturated carbocycles. The summed E-state index contributed by atoms with van der Waals surface area (Å²) >= 11 is 5.83. The van der Waals surface area contributed by atoms with Crippen LogP contribution in [-0.4, -0.2) is 31.4 Å². The minimum absolute atomic E-state index is 0.232. The molecule has 0 aliphatic rings. The molecular formula is C17H17ClN6O2. The molecule has 2 aromatic heterocycles. The second-order valence-electron chi connectivity index (χ2n) is 5.71. The van der Waals surface area contributed by atoms with Crippen LogP contribution in [0.2, 0.25) is 5.02 Å². The third kappa shape index (κ3) is 3.45. The van der Waals surface area contributed by atoms with Gasteiger partial charge in [0.15, 0.2) is 0 Å². The number of nitrogens with zero attached hydrogens (tertiary/aromatic N) is 4. The molecule has 0 aliphatic carbocycles. The number of anilines is 2. The number of hydrogen-bond acceptors (Lipinski definition) is 4. The Morgan fingerprint density at radius 2 is 1.50 bits per heavy atom. The third-order valence-electron chi connectivity index (χ3n) is 3.99. The van der Waals surface area contributed by atoms with E-state index in [9.17, 15) is 9.59 Å². The quantitative estimate of drug-likeness (QED) is 0.736. The van der Waals surface area contributed by atoms with E-state index in [1.54, 1.807) is 49.2 Å². The summed E-state index contributed by atoms with van der Waals surface area (Å²) in [5.74, 6) is -0.756. The molecule has 2 N–H and O–H groups in total. The lowest BCUT2D eigenvalue weighted by molar-refractivity contribution is 0.101. The highest BCUT2D eigenvalue weighted by Gasteiger charge is 2.20. The first-order valence-electron chi connectivity index (χ1n) is 7.75. The lowest BCUT2D eigenvalue weighted by Gasteiger charge is -2.09. The van der Waals surface area contributed by atoms with Crippen molar-refractivity contribution in [1.29, 1.82) is 0 Å². The van der Waals surface area contributed by atoms with Crippen molar-refractivity contribution in [2.24, 2.45) is 14.1 Å². The molecular weight excluding hydrogens is 356 g/mol. The molecule has 2 amide bonds. The van der Waals surface area contributed by atoms with E-state index in [0.29, 0.717) is 22.0 Å². The van der Waals surface area contributed by atoms with Crippen molar-refractivity contribution in [2.45, 2.75) is 6.92 Å². The summed E-state index contributed by atoms with van der Waals surface area (Å²) in [6, 6.07) is 6.45. The average molecular weight is 373 g/mol. The van der Waals surface area contributed by atoms with Crippen LogP contribution >= 0.6 is 11.6 Å². The van der Waals surface area contributed by atoms with Crippen molar-refractivity contribution in [1.82, 2.24) is 19.6 Å². The summed E-state index contributed by atoms with van der Waals surface area (Å²) in [5.41, 5.74) is 2.37. The van der Waals surface area contributed by atoms with Gasteiger partial charge in [-0.25, -0.2) is 0 Å². The maximum Gasteiger partial charge on any atom is 0.276 e. The van der Waals surface area contributed by atoms with Gasteiger partial charge >= 0.3 is 0 Å². The third-order valence-corrected chi connectivity index (χ3v) is 4.24. The molecule has 1 aromatic carbocycles. The molecule has 0 fully saturated rings. The molecule has 8 nitrogen and oxygen atoms in total. The van der Waals surface area contributed by atoms with Crippen molar-refractivity contribution in [3.05, 3.63) is 58.6 Å². The lowest BCUT2D eigenvalue weighted by Crippen LogP contribution is -2.20. The molecule has 0 atom stereocenters. The highest BCUT2D eigenvalue weighted by atomic mass is 35.5. The predicted molar refractivity (Wildman–Crippen MR) is 98.5 cm³/mol. The number of carbonyl (C=O) groups excluding carboxylic acids is 2. The number of aryl methyl sites for hydroxylation is 2. The van der Waals surface area contributed by atoms with Gasteiger partial charge in [-0.1, -0.05) is 11.6 Å². The van der Waals surface area contributed by atoms with E-state index in [1.807, 2.05) is 6.92 Å². The van der Waals surface area contributed by atoms with Crippen LogP contribution in [0, 0.1) is 6.92 Å². The number of halogens is 1. The van der Waals surface area contributed by atoms with Gasteiger partial charge in [0, 0.05) is 24.7 Å². The van der Waals surface area contributed by atoms with Gasteiger partial charge in [0.2, 0.25) is 0 Å². The minimum atomic E-state index is -0.396. The van der Waals surface area contributed by atoms with Crippen molar-refractivity contribution in [3.8, 4) is 0 Å². The van der Waals surface area contributed by atoms with Gasteiger partial charge in [0.1, 0.15) is 5.69 Å². The summed E-state index contributed by atoms with van der Waals surface area (Å²) in [6.45, 7) is 1.84. The van der Waals surface area contributed by atoms with Gasteiger partial charge in [-0.3, -0.25) is 19.0 Å². The van der Waals surface area contributed by atoms with Crippen LogP contribution < -0.4 is 10.6 Å². The van der Waals surface area contributed by atoms with Crippen LogP contribution in [0.5, 0.6) is 0 Å². The topological polar surface area (TPSA) is 93.8 Å². The van der Waals surface area contributed by atoms with Crippen LogP contribution in [0.4, 0.5) is 11.4 Å². The Labute approximate surface area is 154 Å². The molecule has 0 bridgehead atoms. The SMILES string of the molecule is Cc1c(NC(=O)c2c(NC(=O)c3ccc(Cl)cc3)cnn2C)cnn1C. The number of amides is 2. The Morgan fingerprint density at radius 3 is 2.12 bits per heavy atom. The Hall–Kier alpha value is -3.13. The number of aromatic nitrogens is 4. The van der Waals surface area contributed by atoms with Crippen LogP contribution in [-0.2, 0) is 14.1 Å². The summed E-state index contributed by atoms with van der Waals surface area (Å²) in [6.07, 6.45) is 2.99. The number of benzene rings is 1. The zero-order chi connectivity index (χ0) is 18.8. The number of carbonyl (C=O) groups is 2. The van der Waals surface area contributed by atoms with Gasteiger partial charge in [-0.15, -0.1) is 0 Å². The fourth-order valence-electron chi connectivity index (χ4n) is 2.40. The summed E-state index contributed by atoms with van der Waals surface area (Å²) < 4.78 is 3.06. The van der Waals surface area contributed by atoms with Gasteiger partial charge in [0.05, 0.1) is 29.5 Å². The first-order chi connectivity index (χ1) is 12.4. The number of hydrogen-bond donors (Lipinski definition) is 2. The van der Waals surface area contributed by atoms with E-state index in [1.165, 1.54) is 10.9 Å². The van der Waals surface area contributed by atoms with Crippen molar-refractivity contribution >= 4 is 34.8 Å². The molecule has 3 aromatic rings. The van der Waals surface area contributed by atoms with Crippen molar-refractivity contribution in [2.75, 3.05) is 10.6 Å². The zero-order valence-corrected chi connectivity index (χ0v) is 15.2. The van der Waals surface area contributed by atoms with Crippen LogP contribution in [0.1, 0.15) is 26.5 Å². The maximum absolute atomic E-state index is 12.7. The van der Waals surface area contributed by atoms with Gasteiger partial charge in [0.25, 0.3) is 11.8 Å². The first-order valence-corrected chi connectivity index (χ1v) is 8.13. The first kappa shape index (κ1) is 17.7. The van der Waals surface area contributed by atoms with E-state index >= 15 is 0 Å². The molecule has 0 spiro atoms. The zero-order valence-electron chi connectivity index (χ0n) is 14.4. The van der Waals surface area contributed by atoms with E-state index in [0.717, 1.165) is 5.69 Å². The molecule has 2 heterocycles. The minimum Gasteiger partial charge on any atom is -0.319 e. The monoisotopic (exact) mass is 372 g/mol. The van der Waals surface area contributed by atoms with Crippen LogP contribution in [0.3, 0.4) is 0 Å². The summed E-state index contributed by atoms with van der Waals surface area (Å²) in [4.78, 5) is 25.1. The normalized spacial score (nSPS) is 10.6. The summed E-state index contributed by atoms with van der Waals surface area (Å²) in [7, 11) is 3.41. The maximum atomic E-state index is 12.7. The van der Waals surface area contributed by atoms with Crippen LogP contribution in [0.25, 0.3) is 0 Å². The molecule has 26 heavy (non-hydrogen) atoms. The van der Waals surface area contributed by atoms with Crippen molar-refractivity contribution < 1.29 is 9.59 Å². The van der Waals surface area contributed by atoms with Crippen LogP contribution in [0.15, 0.2) is 36.7 Å². The lowest BCUT2D eigenvalue weighted by atomic mass is 10.2. The Balaban J connectivity index is 1.82. The second kappa shape index (κ2) is 7.01. The van der Waals surface area contributed by atoms with E-state index in [2.05, 4.69) is 20.8 Å². The molecule has 0 saturated heterocycles. The highest BCUT2D eigenvalue weighted by molar-refractivity contribution is 6.30. The van der Waals surface area contributed by atoms with E-state index in [4.69, 9.17) is 11.6 Å². The van der Waals surface area contributed by atoms with Gasteiger partial charge in [-0.2, -0.15) is 10.2 Å². The molecule has 0 radical (unpaired) electrons. The molecule has 9 heteroatoms. The highest BCUT2D eigenvalue weighted by Crippen LogP contribution is 2.20. The van der Waals surface area contributed by atoms with E-state index in [-0.39, 0.29) is 11.6 Å². The molecule has 0 aliphatic heterocycles. The summed E-state index contributed by atoms with van der Waals surface area (Å²) in [5, 5.41) is 14.2. The van der Waals surface area contributed by atoms with Gasteiger partial charge < -0.3 is 10.6 Å². The molecule has 0 unspecified atom stereocenters. The Kier molecular flexibility index (Phi) is 4.77. The van der Waals surface area contributed by atoms with Crippen molar-refractivity contribution in [3.63, 3.8) is 0 Å². The smallest absolute Gasteiger partial charge is 0.276 e. The standard InChI is InChI=1S/C17H17ClN6O2/c1-10-13(8-19-23(10)2)21-17(26)15-14(9-20-24(15)3)22-16(25)11-4-6-12(18)7-5-11/h4-9H,1-3H3,(H,21,26)(H,22,25). The fourth-order valence-corrected chi connectivity index (χ4v) is 2.52. The fraction of sp³-hybridized carbons (Fsp3) is 0.176. The molecule has 3 rings (SSSR count). The number of rotatable bonds is 4. The second-order valence-corrected chi connectivity index (χ2v) is 6.15. The predicted octanol–water partition coefficient (Wildman–Crippen LogP) is 2.62. The van der Waals surface area contributed by atoms with E-state index < -0.39 is 5.91 Å². The average Bonchev–Trinajstić information content (AvgIpc) is 3.12. The molecule has 134 valence electrons. The largest absolute Gasteiger partial charge is 0.319 e. The van der Waals surface area contributed by atoms with Gasteiger partial charge in [-0.05, 0) is 31.2 Å².